The van der Waals surface area contributed by atoms with Crippen molar-refractivity contribution in [2.75, 3.05) is 7.11 Å². The second kappa shape index (κ2) is 6.60. The quantitative estimate of drug-likeness (QED) is 0.777. The van der Waals surface area contributed by atoms with Crippen LogP contribution in [-0.4, -0.2) is 17.3 Å². The van der Waals surface area contributed by atoms with E-state index < -0.39 is 0 Å². The molecule has 0 bridgehead atoms. The molecule has 0 radical (unpaired) electrons. The van der Waals surface area contributed by atoms with Crippen molar-refractivity contribution in [2.24, 2.45) is 5.73 Å². The number of aromatic amines is 1. The van der Waals surface area contributed by atoms with Gasteiger partial charge in [0.05, 0.1) is 18.2 Å². The summed E-state index contributed by atoms with van der Waals surface area (Å²) < 4.78 is 5.17. The SMILES string of the molecule is COc1ccc2c(-c3ccc(CN)cc3)n[nH]c(=O)c2c1.Cl. The molecule has 6 heteroatoms. The maximum absolute atomic E-state index is 11.9. The summed E-state index contributed by atoms with van der Waals surface area (Å²) in [5.74, 6) is 0.642. The Morgan fingerprint density at radius 3 is 2.50 bits per heavy atom. The molecule has 1 aromatic heterocycles. The summed E-state index contributed by atoms with van der Waals surface area (Å²) in [5.41, 5.74) is 8.09. The Bertz CT molecular complexity index is 844. The van der Waals surface area contributed by atoms with Crippen molar-refractivity contribution in [3.63, 3.8) is 0 Å². The van der Waals surface area contributed by atoms with Gasteiger partial charge in [-0.15, -0.1) is 12.4 Å². The van der Waals surface area contributed by atoms with Crippen LogP contribution in [0.2, 0.25) is 0 Å². The molecule has 3 rings (SSSR count). The number of benzene rings is 2. The number of nitrogens with one attached hydrogen (secondary N) is 1. The number of hydrogen-bond acceptors (Lipinski definition) is 4. The summed E-state index contributed by atoms with van der Waals surface area (Å²) in [7, 11) is 1.57. The first-order chi connectivity index (χ1) is 10.2. The molecule has 0 amide bonds. The highest BCUT2D eigenvalue weighted by Gasteiger charge is 2.09. The van der Waals surface area contributed by atoms with E-state index in [0.29, 0.717) is 17.7 Å². The van der Waals surface area contributed by atoms with Crippen molar-refractivity contribution >= 4 is 23.2 Å². The third kappa shape index (κ3) is 2.81. The van der Waals surface area contributed by atoms with E-state index in [9.17, 15) is 4.79 Å². The van der Waals surface area contributed by atoms with Gasteiger partial charge in [0.1, 0.15) is 5.75 Å². The molecule has 0 aliphatic heterocycles. The summed E-state index contributed by atoms with van der Waals surface area (Å²) in [5, 5.41) is 8.06. The number of ether oxygens (including phenoxy) is 1. The van der Waals surface area contributed by atoms with Crippen LogP contribution in [0.1, 0.15) is 5.56 Å². The third-order valence-corrected chi connectivity index (χ3v) is 3.46. The standard InChI is InChI=1S/C16H15N3O2.ClH/c1-21-12-6-7-13-14(8-12)16(20)19-18-15(13)11-4-2-10(9-17)3-5-11;/h2-8H,9,17H2,1H3,(H,19,20);1H. The maximum atomic E-state index is 11.9. The molecule has 1 heterocycles. The minimum absolute atomic E-state index is 0. The van der Waals surface area contributed by atoms with Crippen LogP contribution in [-0.2, 0) is 6.54 Å². The number of nitrogens with two attached hydrogens (primary N) is 1. The molecular formula is C16H16ClN3O2. The fourth-order valence-electron chi connectivity index (χ4n) is 2.29. The van der Waals surface area contributed by atoms with Crippen LogP contribution in [0.5, 0.6) is 5.75 Å². The van der Waals surface area contributed by atoms with Crippen LogP contribution in [0.15, 0.2) is 47.3 Å². The predicted molar refractivity (Wildman–Crippen MR) is 89.5 cm³/mol. The van der Waals surface area contributed by atoms with E-state index in [-0.39, 0.29) is 18.0 Å². The summed E-state index contributed by atoms with van der Waals surface area (Å²) in [6.07, 6.45) is 0. The van der Waals surface area contributed by atoms with Gasteiger partial charge in [0.2, 0.25) is 0 Å². The molecule has 22 heavy (non-hydrogen) atoms. The number of H-pyrrole nitrogens is 1. The topological polar surface area (TPSA) is 81.0 Å². The molecule has 3 N–H and O–H groups in total. The molecule has 5 nitrogen and oxygen atoms in total. The first-order valence-electron chi connectivity index (χ1n) is 6.58. The van der Waals surface area contributed by atoms with Gasteiger partial charge in [-0.3, -0.25) is 4.79 Å². The molecule has 2 aromatic carbocycles. The highest BCUT2D eigenvalue weighted by molar-refractivity contribution is 5.94. The van der Waals surface area contributed by atoms with Crippen molar-refractivity contribution in [1.82, 2.24) is 10.2 Å². The molecule has 0 aliphatic carbocycles. The van der Waals surface area contributed by atoms with Crippen molar-refractivity contribution in [1.29, 1.82) is 0 Å². The normalized spacial score (nSPS) is 10.3. The maximum Gasteiger partial charge on any atom is 0.272 e. The zero-order chi connectivity index (χ0) is 14.8. The highest BCUT2D eigenvalue weighted by atomic mass is 35.5. The zero-order valence-electron chi connectivity index (χ0n) is 12.0. The minimum atomic E-state index is -0.230. The Morgan fingerprint density at radius 1 is 1.14 bits per heavy atom. The second-order valence-corrected chi connectivity index (χ2v) is 4.71. The van der Waals surface area contributed by atoms with Gasteiger partial charge in [0, 0.05) is 17.5 Å². The van der Waals surface area contributed by atoms with Gasteiger partial charge < -0.3 is 10.5 Å². The fourth-order valence-corrected chi connectivity index (χ4v) is 2.29. The molecular weight excluding hydrogens is 302 g/mol. The number of hydrogen-bond donors (Lipinski definition) is 2. The van der Waals surface area contributed by atoms with E-state index in [2.05, 4.69) is 10.2 Å². The van der Waals surface area contributed by atoms with Crippen LogP contribution in [0.4, 0.5) is 0 Å². The molecule has 0 saturated heterocycles. The molecule has 0 unspecified atom stereocenters. The van der Waals surface area contributed by atoms with Crippen LogP contribution in [0.3, 0.4) is 0 Å². The zero-order valence-corrected chi connectivity index (χ0v) is 12.8. The molecule has 0 aliphatic rings. The van der Waals surface area contributed by atoms with Gasteiger partial charge in [0.15, 0.2) is 0 Å². The lowest BCUT2D eigenvalue weighted by Gasteiger charge is -2.07. The van der Waals surface area contributed by atoms with Gasteiger partial charge in [-0.1, -0.05) is 24.3 Å². The second-order valence-electron chi connectivity index (χ2n) is 4.71. The largest absolute Gasteiger partial charge is 0.497 e. The Labute approximate surface area is 133 Å². The first-order valence-corrected chi connectivity index (χ1v) is 6.58. The van der Waals surface area contributed by atoms with Crippen LogP contribution in [0, 0.1) is 0 Å². The lowest BCUT2D eigenvalue weighted by Crippen LogP contribution is -2.09. The molecule has 0 atom stereocenters. The van der Waals surface area contributed by atoms with Crippen molar-refractivity contribution in [2.45, 2.75) is 6.54 Å². The molecule has 0 saturated carbocycles. The molecule has 3 aromatic rings. The molecule has 0 spiro atoms. The number of rotatable bonds is 3. The van der Waals surface area contributed by atoms with Gasteiger partial charge >= 0.3 is 0 Å². The number of fused-ring (bicyclic) bond motifs is 1. The van der Waals surface area contributed by atoms with Gasteiger partial charge in [0.25, 0.3) is 5.56 Å². The van der Waals surface area contributed by atoms with E-state index in [0.717, 1.165) is 22.2 Å². The van der Waals surface area contributed by atoms with Gasteiger partial charge in [-0.25, -0.2) is 5.10 Å². The molecule has 0 fully saturated rings. The third-order valence-electron chi connectivity index (χ3n) is 3.46. The summed E-state index contributed by atoms with van der Waals surface area (Å²) in [6, 6.07) is 13.2. The lowest BCUT2D eigenvalue weighted by molar-refractivity contribution is 0.415. The minimum Gasteiger partial charge on any atom is -0.497 e. The van der Waals surface area contributed by atoms with Crippen LogP contribution >= 0.6 is 12.4 Å². The van der Waals surface area contributed by atoms with Gasteiger partial charge in [-0.2, -0.15) is 5.10 Å². The average Bonchev–Trinajstić information content (AvgIpc) is 2.55. The Hall–Kier alpha value is -2.37. The smallest absolute Gasteiger partial charge is 0.272 e. The summed E-state index contributed by atoms with van der Waals surface area (Å²) >= 11 is 0. The summed E-state index contributed by atoms with van der Waals surface area (Å²) in [6.45, 7) is 0.497. The number of halogens is 1. The Balaban J connectivity index is 0.00000176. The van der Waals surface area contributed by atoms with E-state index in [4.69, 9.17) is 10.5 Å². The van der Waals surface area contributed by atoms with Crippen LogP contribution < -0.4 is 16.0 Å². The molecule has 114 valence electrons. The van der Waals surface area contributed by atoms with Crippen molar-refractivity contribution < 1.29 is 4.74 Å². The van der Waals surface area contributed by atoms with E-state index in [1.54, 1.807) is 13.2 Å². The van der Waals surface area contributed by atoms with Crippen molar-refractivity contribution in [3.8, 4) is 17.0 Å². The monoisotopic (exact) mass is 317 g/mol. The Morgan fingerprint density at radius 2 is 1.86 bits per heavy atom. The van der Waals surface area contributed by atoms with E-state index in [1.807, 2.05) is 36.4 Å². The first kappa shape index (κ1) is 16.0. The van der Waals surface area contributed by atoms with E-state index >= 15 is 0 Å². The lowest BCUT2D eigenvalue weighted by atomic mass is 10.0. The average molecular weight is 318 g/mol. The highest BCUT2D eigenvalue weighted by Crippen LogP contribution is 2.26. The van der Waals surface area contributed by atoms with Gasteiger partial charge in [-0.05, 0) is 23.8 Å². The number of nitrogens with zero attached hydrogens (tertiary/aromatic N) is 1. The fraction of sp³-hybridized carbons (Fsp3) is 0.125. The predicted octanol–water partition coefficient (Wildman–Crippen LogP) is 2.48. The number of aromatic nitrogens is 2. The van der Waals surface area contributed by atoms with E-state index in [1.165, 1.54) is 0 Å². The Kier molecular flexibility index (Phi) is 4.80. The van der Waals surface area contributed by atoms with Crippen molar-refractivity contribution in [3.05, 3.63) is 58.4 Å². The summed E-state index contributed by atoms with van der Waals surface area (Å²) in [4.78, 5) is 11.9. The van der Waals surface area contributed by atoms with Crippen LogP contribution in [0.25, 0.3) is 22.0 Å². The number of methoxy groups -OCH3 is 1.